The van der Waals surface area contributed by atoms with Gasteiger partial charge in [-0.2, -0.15) is 0 Å². The Labute approximate surface area is 105 Å². The molecule has 0 atom stereocenters. The lowest BCUT2D eigenvalue weighted by atomic mass is 10.2. The Morgan fingerprint density at radius 3 is 2.59 bits per heavy atom. The second kappa shape index (κ2) is 9.02. The molecule has 17 heavy (non-hydrogen) atoms. The normalized spacial score (nSPS) is 10.5. The maximum absolute atomic E-state index is 5.30. The molecule has 0 fully saturated rings. The summed E-state index contributed by atoms with van der Waals surface area (Å²) in [6.45, 7) is 6.30. The van der Waals surface area contributed by atoms with Crippen LogP contribution in [0.4, 0.5) is 0 Å². The van der Waals surface area contributed by atoms with E-state index < -0.39 is 0 Å². The van der Waals surface area contributed by atoms with Gasteiger partial charge in [0.25, 0.3) is 0 Å². The van der Waals surface area contributed by atoms with Crippen molar-refractivity contribution in [3.63, 3.8) is 0 Å². The predicted molar refractivity (Wildman–Crippen MR) is 72.5 cm³/mol. The molecule has 1 rings (SSSR count). The number of rotatable bonds is 9. The molecule has 0 aromatic heterocycles. The predicted octanol–water partition coefficient (Wildman–Crippen LogP) is 2.17. The minimum absolute atomic E-state index is 0.873. The smallest absolute Gasteiger partial charge is 0.123 e. The number of nitrogens with one attached hydrogen (secondary N) is 2. The van der Waals surface area contributed by atoms with Crippen LogP contribution >= 0.6 is 0 Å². The number of hydrogen-bond donors (Lipinski definition) is 2. The molecule has 3 nitrogen and oxygen atoms in total. The van der Waals surface area contributed by atoms with Crippen LogP contribution < -0.4 is 15.4 Å². The standard InChI is InChI=1S/C14H24N2O/c1-3-9-15-10-6-11-16-12-13-7-4-5-8-14(13)17-2/h4-5,7-8,15-16H,3,6,9-12H2,1-2H3. The first kappa shape index (κ1) is 14.0. The van der Waals surface area contributed by atoms with Crippen LogP contribution in [0.25, 0.3) is 0 Å². The van der Waals surface area contributed by atoms with Crippen molar-refractivity contribution in [2.45, 2.75) is 26.3 Å². The first-order chi connectivity index (χ1) is 8.38. The van der Waals surface area contributed by atoms with Gasteiger partial charge in [0.1, 0.15) is 5.75 Å². The Hall–Kier alpha value is -1.06. The highest BCUT2D eigenvalue weighted by atomic mass is 16.5. The number of benzene rings is 1. The maximum atomic E-state index is 5.30. The molecule has 0 aliphatic carbocycles. The van der Waals surface area contributed by atoms with Crippen LogP contribution in [0.3, 0.4) is 0 Å². The van der Waals surface area contributed by atoms with Crippen molar-refractivity contribution in [2.75, 3.05) is 26.7 Å². The zero-order valence-electron chi connectivity index (χ0n) is 11.0. The molecule has 96 valence electrons. The molecule has 0 unspecified atom stereocenters. The van der Waals surface area contributed by atoms with Gasteiger partial charge in [-0.3, -0.25) is 0 Å². The van der Waals surface area contributed by atoms with E-state index in [0.717, 1.165) is 38.3 Å². The molecule has 3 heteroatoms. The highest BCUT2D eigenvalue weighted by Gasteiger charge is 1.99. The molecule has 1 aromatic rings. The topological polar surface area (TPSA) is 33.3 Å². The highest BCUT2D eigenvalue weighted by molar-refractivity contribution is 5.32. The van der Waals surface area contributed by atoms with Gasteiger partial charge < -0.3 is 15.4 Å². The Kier molecular flexibility index (Phi) is 7.43. The van der Waals surface area contributed by atoms with E-state index >= 15 is 0 Å². The summed E-state index contributed by atoms with van der Waals surface area (Å²) in [5.74, 6) is 0.962. The second-order valence-electron chi connectivity index (χ2n) is 4.09. The van der Waals surface area contributed by atoms with E-state index in [2.05, 4.69) is 23.6 Å². The number of hydrogen-bond acceptors (Lipinski definition) is 3. The van der Waals surface area contributed by atoms with Crippen molar-refractivity contribution in [1.29, 1.82) is 0 Å². The molecule has 0 saturated heterocycles. The average Bonchev–Trinajstić information content (AvgIpc) is 2.38. The summed E-state index contributed by atoms with van der Waals surface area (Å²) in [5, 5.41) is 6.82. The van der Waals surface area contributed by atoms with Crippen molar-refractivity contribution in [3.05, 3.63) is 29.8 Å². The van der Waals surface area contributed by atoms with Crippen LogP contribution in [-0.4, -0.2) is 26.7 Å². The fourth-order valence-corrected chi connectivity index (χ4v) is 1.71. The summed E-state index contributed by atoms with van der Waals surface area (Å²) < 4.78 is 5.30. The molecular formula is C14H24N2O. The van der Waals surface area contributed by atoms with E-state index in [-0.39, 0.29) is 0 Å². The maximum Gasteiger partial charge on any atom is 0.123 e. The SMILES string of the molecule is CCCNCCCNCc1ccccc1OC. The van der Waals surface area contributed by atoms with E-state index in [0.29, 0.717) is 0 Å². The van der Waals surface area contributed by atoms with Gasteiger partial charge in [0.15, 0.2) is 0 Å². The first-order valence-corrected chi connectivity index (χ1v) is 6.41. The van der Waals surface area contributed by atoms with Crippen LogP contribution in [0, 0.1) is 0 Å². The van der Waals surface area contributed by atoms with E-state index in [9.17, 15) is 0 Å². The monoisotopic (exact) mass is 236 g/mol. The quantitative estimate of drug-likeness (QED) is 0.645. The molecule has 0 radical (unpaired) electrons. The van der Waals surface area contributed by atoms with E-state index in [1.165, 1.54) is 12.0 Å². The van der Waals surface area contributed by atoms with Crippen molar-refractivity contribution in [3.8, 4) is 5.75 Å². The van der Waals surface area contributed by atoms with Gasteiger partial charge in [0.2, 0.25) is 0 Å². The molecular weight excluding hydrogens is 212 g/mol. The van der Waals surface area contributed by atoms with Crippen molar-refractivity contribution in [1.82, 2.24) is 10.6 Å². The van der Waals surface area contributed by atoms with Gasteiger partial charge in [-0.25, -0.2) is 0 Å². The average molecular weight is 236 g/mol. The summed E-state index contributed by atoms with van der Waals surface area (Å²) in [7, 11) is 1.72. The lowest BCUT2D eigenvalue weighted by Crippen LogP contribution is -2.22. The van der Waals surface area contributed by atoms with E-state index in [1.54, 1.807) is 7.11 Å². The minimum atomic E-state index is 0.873. The summed E-state index contributed by atoms with van der Waals surface area (Å²) in [4.78, 5) is 0. The molecule has 0 aliphatic heterocycles. The van der Waals surface area contributed by atoms with Crippen LogP contribution in [0.1, 0.15) is 25.3 Å². The summed E-state index contributed by atoms with van der Waals surface area (Å²) in [5.41, 5.74) is 1.22. The van der Waals surface area contributed by atoms with Gasteiger partial charge in [0.05, 0.1) is 7.11 Å². The van der Waals surface area contributed by atoms with Crippen LogP contribution in [0.2, 0.25) is 0 Å². The first-order valence-electron chi connectivity index (χ1n) is 6.41. The molecule has 0 heterocycles. The van der Waals surface area contributed by atoms with Gasteiger partial charge in [-0.1, -0.05) is 25.1 Å². The Morgan fingerprint density at radius 1 is 1.06 bits per heavy atom. The Morgan fingerprint density at radius 2 is 1.82 bits per heavy atom. The Balaban J connectivity index is 2.13. The highest BCUT2D eigenvalue weighted by Crippen LogP contribution is 2.16. The van der Waals surface area contributed by atoms with E-state index in [4.69, 9.17) is 4.74 Å². The largest absolute Gasteiger partial charge is 0.496 e. The van der Waals surface area contributed by atoms with Crippen molar-refractivity contribution < 1.29 is 4.74 Å². The third-order valence-corrected chi connectivity index (χ3v) is 2.64. The van der Waals surface area contributed by atoms with Crippen LogP contribution in [0.5, 0.6) is 5.75 Å². The second-order valence-corrected chi connectivity index (χ2v) is 4.09. The van der Waals surface area contributed by atoms with Gasteiger partial charge in [-0.15, -0.1) is 0 Å². The fourth-order valence-electron chi connectivity index (χ4n) is 1.71. The fraction of sp³-hybridized carbons (Fsp3) is 0.571. The third kappa shape index (κ3) is 5.71. The number of para-hydroxylation sites is 1. The van der Waals surface area contributed by atoms with Crippen LogP contribution in [-0.2, 0) is 6.54 Å². The molecule has 1 aromatic carbocycles. The van der Waals surface area contributed by atoms with Gasteiger partial charge >= 0.3 is 0 Å². The lowest BCUT2D eigenvalue weighted by Gasteiger charge is -2.09. The van der Waals surface area contributed by atoms with Crippen LogP contribution in [0.15, 0.2) is 24.3 Å². The molecule has 0 bridgehead atoms. The Bertz CT molecular complexity index is 302. The lowest BCUT2D eigenvalue weighted by molar-refractivity contribution is 0.407. The molecule has 0 saturated carbocycles. The zero-order chi connectivity index (χ0) is 12.3. The third-order valence-electron chi connectivity index (χ3n) is 2.64. The summed E-state index contributed by atoms with van der Waals surface area (Å²) in [6, 6.07) is 8.14. The summed E-state index contributed by atoms with van der Waals surface area (Å²) >= 11 is 0. The molecule has 2 N–H and O–H groups in total. The summed E-state index contributed by atoms with van der Waals surface area (Å²) in [6.07, 6.45) is 2.36. The molecule has 0 amide bonds. The van der Waals surface area contributed by atoms with Crippen molar-refractivity contribution >= 4 is 0 Å². The van der Waals surface area contributed by atoms with Crippen molar-refractivity contribution in [2.24, 2.45) is 0 Å². The number of methoxy groups -OCH3 is 1. The zero-order valence-corrected chi connectivity index (χ0v) is 11.0. The number of ether oxygens (including phenoxy) is 1. The molecule has 0 spiro atoms. The van der Waals surface area contributed by atoms with Gasteiger partial charge in [0, 0.05) is 12.1 Å². The minimum Gasteiger partial charge on any atom is -0.496 e. The van der Waals surface area contributed by atoms with E-state index in [1.807, 2.05) is 18.2 Å². The molecule has 0 aliphatic rings. The van der Waals surface area contributed by atoms with Gasteiger partial charge in [-0.05, 0) is 38.5 Å².